The second-order valence-corrected chi connectivity index (χ2v) is 11.6. The van der Waals surface area contributed by atoms with Gasteiger partial charge in [-0.05, 0) is 43.4 Å². The molecule has 2 heterocycles. The van der Waals surface area contributed by atoms with E-state index in [4.69, 9.17) is 16.6 Å². The Morgan fingerprint density at radius 3 is 2.67 bits per heavy atom. The SMILES string of the molecule is CCCS(=O)(=O)NCCc1nc2c(s1)CCNC2C1(c2ccc(Cl)cc2)CCC1.Cl. The van der Waals surface area contributed by atoms with Crippen molar-refractivity contribution in [3.8, 4) is 0 Å². The number of nitrogens with zero attached hydrogens (tertiary/aromatic N) is 1. The number of fused-ring (bicyclic) bond motifs is 1. The van der Waals surface area contributed by atoms with Gasteiger partial charge in [0.2, 0.25) is 10.0 Å². The van der Waals surface area contributed by atoms with Crippen LogP contribution in [0.5, 0.6) is 0 Å². The molecule has 0 saturated heterocycles. The van der Waals surface area contributed by atoms with Crippen molar-refractivity contribution in [2.75, 3.05) is 18.8 Å². The van der Waals surface area contributed by atoms with Crippen molar-refractivity contribution >= 4 is 45.4 Å². The minimum Gasteiger partial charge on any atom is -0.307 e. The van der Waals surface area contributed by atoms with E-state index in [9.17, 15) is 8.42 Å². The van der Waals surface area contributed by atoms with E-state index in [1.807, 2.05) is 19.1 Å². The van der Waals surface area contributed by atoms with Gasteiger partial charge < -0.3 is 5.32 Å². The highest BCUT2D eigenvalue weighted by Crippen LogP contribution is 2.53. The third kappa shape index (κ3) is 4.87. The summed E-state index contributed by atoms with van der Waals surface area (Å²) < 4.78 is 26.5. The number of benzene rings is 1. The quantitative estimate of drug-likeness (QED) is 0.576. The number of sulfonamides is 1. The predicted molar refractivity (Wildman–Crippen MR) is 127 cm³/mol. The number of nitrogens with one attached hydrogen (secondary N) is 2. The zero-order valence-electron chi connectivity index (χ0n) is 17.1. The molecule has 1 aromatic carbocycles. The summed E-state index contributed by atoms with van der Waals surface area (Å²) in [5.74, 6) is 0.178. The van der Waals surface area contributed by atoms with Crippen LogP contribution < -0.4 is 10.0 Å². The molecule has 0 spiro atoms. The molecule has 1 aliphatic carbocycles. The molecule has 1 aliphatic heterocycles. The lowest BCUT2D eigenvalue weighted by atomic mass is 9.59. The molecule has 1 atom stereocenters. The van der Waals surface area contributed by atoms with E-state index in [-0.39, 0.29) is 29.6 Å². The second kappa shape index (κ2) is 9.84. The van der Waals surface area contributed by atoms with E-state index in [0.717, 1.165) is 35.8 Å². The van der Waals surface area contributed by atoms with Crippen molar-refractivity contribution in [3.05, 3.63) is 50.4 Å². The lowest BCUT2D eigenvalue weighted by molar-refractivity contribution is 0.162. The summed E-state index contributed by atoms with van der Waals surface area (Å²) in [5, 5.41) is 5.53. The molecule has 0 amide bonds. The fourth-order valence-electron chi connectivity index (χ4n) is 4.55. The molecule has 0 bridgehead atoms. The highest BCUT2D eigenvalue weighted by Gasteiger charge is 2.48. The van der Waals surface area contributed by atoms with Gasteiger partial charge >= 0.3 is 0 Å². The van der Waals surface area contributed by atoms with Gasteiger partial charge in [-0.2, -0.15) is 0 Å². The molecule has 2 aromatic rings. The van der Waals surface area contributed by atoms with E-state index >= 15 is 0 Å². The molecule has 9 heteroatoms. The molecule has 2 N–H and O–H groups in total. The minimum absolute atomic E-state index is 0. The molecular formula is C21H29Cl2N3O2S2. The summed E-state index contributed by atoms with van der Waals surface area (Å²) in [6.07, 6.45) is 5.78. The average Bonchev–Trinajstić information content (AvgIpc) is 3.05. The average molecular weight is 491 g/mol. The Kier molecular flexibility index (Phi) is 7.86. The molecule has 166 valence electrons. The highest BCUT2D eigenvalue weighted by molar-refractivity contribution is 7.89. The predicted octanol–water partition coefficient (Wildman–Crippen LogP) is 4.40. The van der Waals surface area contributed by atoms with Crippen LogP contribution in [0.3, 0.4) is 0 Å². The molecule has 0 radical (unpaired) electrons. The van der Waals surface area contributed by atoms with Crippen LogP contribution in [0, 0.1) is 0 Å². The number of hydrogen-bond donors (Lipinski definition) is 2. The van der Waals surface area contributed by atoms with Gasteiger partial charge in [-0.1, -0.05) is 37.1 Å². The number of hydrogen-bond acceptors (Lipinski definition) is 5. The molecule has 1 fully saturated rings. The molecule has 5 nitrogen and oxygen atoms in total. The number of halogens is 2. The van der Waals surface area contributed by atoms with Crippen LogP contribution in [0.4, 0.5) is 0 Å². The number of thiazole rings is 1. The zero-order chi connectivity index (χ0) is 20.5. The van der Waals surface area contributed by atoms with Crippen LogP contribution in [0.2, 0.25) is 5.02 Å². The van der Waals surface area contributed by atoms with Crippen molar-refractivity contribution in [3.63, 3.8) is 0 Å². The Balaban J connectivity index is 0.00000256. The van der Waals surface area contributed by atoms with Crippen molar-refractivity contribution in [1.29, 1.82) is 0 Å². The fourth-order valence-corrected chi connectivity index (χ4v) is 6.87. The molecule has 30 heavy (non-hydrogen) atoms. The van der Waals surface area contributed by atoms with Crippen LogP contribution in [0.25, 0.3) is 0 Å². The number of aromatic nitrogens is 1. The number of rotatable bonds is 8. The van der Waals surface area contributed by atoms with Gasteiger partial charge in [-0.25, -0.2) is 18.1 Å². The van der Waals surface area contributed by atoms with E-state index in [0.29, 0.717) is 19.4 Å². The maximum Gasteiger partial charge on any atom is 0.211 e. The van der Waals surface area contributed by atoms with Crippen LogP contribution in [0.15, 0.2) is 24.3 Å². The lowest BCUT2D eigenvalue weighted by Crippen LogP contribution is -2.49. The van der Waals surface area contributed by atoms with Crippen molar-refractivity contribution in [2.24, 2.45) is 0 Å². The Bertz CT molecular complexity index is 957. The lowest BCUT2D eigenvalue weighted by Gasteiger charge is -2.49. The fraction of sp³-hybridized carbons (Fsp3) is 0.571. The van der Waals surface area contributed by atoms with Gasteiger partial charge in [0.25, 0.3) is 0 Å². The van der Waals surface area contributed by atoms with Crippen LogP contribution in [0.1, 0.15) is 59.8 Å². The van der Waals surface area contributed by atoms with Crippen LogP contribution >= 0.6 is 35.3 Å². The van der Waals surface area contributed by atoms with Gasteiger partial charge in [-0.15, -0.1) is 23.7 Å². The first kappa shape index (κ1) is 24.0. The first-order chi connectivity index (χ1) is 13.9. The largest absolute Gasteiger partial charge is 0.307 e. The summed E-state index contributed by atoms with van der Waals surface area (Å²) in [5.41, 5.74) is 2.58. The Labute approximate surface area is 194 Å². The highest BCUT2D eigenvalue weighted by atomic mass is 35.5. The van der Waals surface area contributed by atoms with E-state index in [2.05, 4.69) is 22.2 Å². The maximum atomic E-state index is 11.9. The smallest absolute Gasteiger partial charge is 0.211 e. The second-order valence-electron chi connectivity index (χ2n) is 8.03. The standard InChI is InChI=1S/C21H28ClN3O2S2.ClH/c1-2-14-29(26,27)24-13-9-18-25-19-17(28-18)8-12-23-20(19)21(10-3-11-21)15-4-6-16(22)7-5-15;/h4-7,20,23-24H,2-3,8-14H2,1H3;1H. The monoisotopic (exact) mass is 489 g/mol. The van der Waals surface area contributed by atoms with Crippen molar-refractivity contribution < 1.29 is 8.42 Å². The third-order valence-electron chi connectivity index (χ3n) is 6.10. The zero-order valence-corrected chi connectivity index (χ0v) is 20.3. The summed E-state index contributed by atoms with van der Waals surface area (Å²) in [7, 11) is -3.17. The van der Waals surface area contributed by atoms with Crippen LogP contribution in [-0.2, 0) is 28.3 Å². The Hall–Kier alpha value is -0.700. The molecule has 1 unspecified atom stereocenters. The van der Waals surface area contributed by atoms with Gasteiger partial charge in [0.1, 0.15) is 0 Å². The third-order valence-corrected chi connectivity index (χ3v) is 9.13. The molecule has 1 saturated carbocycles. The molecular weight excluding hydrogens is 461 g/mol. The molecule has 1 aromatic heterocycles. The maximum absolute atomic E-state index is 11.9. The Morgan fingerprint density at radius 2 is 2.03 bits per heavy atom. The normalized spacial score (nSPS) is 20.1. The molecule has 4 rings (SSSR count). The van der Waals surface area contributed by atoms with E-state index in [1.54, 1.807) is 11.3 Å². The summed E-state index contributed by atoms with van der Waals surface area (Å²) in [6.45, 7) is 3.24. The van der Waals surface area contributed by atoms with Gasteiger partial charge in [-0.3, -0.25) is 0 Å². The molecule has 2 aliphatic rings. The van der Waals surface area contributed by atoms with Gasteiger partial charge in [0, 0.05) is 34.8 Å². The first-order valence-electron chi connectivity index (χ1n) is 10.4. The van der Waals surface area contributed by atoms with Crippen molar-refractivity contribution in [1.82, 2.24) is 15.0 Å². The van der Waals surface area contributed by atoms with Gasteiger partial charge in [0.05, 0.1) is 22.5 Å². The van der Waals surface area contributed by atoms with E-state index in [1.165, 1.54) is 22.6 Å². The summed E-state index contributed by atoms with van der Waals surface area (Å²) >= 11 is 7.86. The van der Waals surface area contributed by atoms with Crippen molar-refractivity contribution in [2.45, 2.75) is 56.9 Å². The first-order valence-corrected chi connectivity index (χ1v) is 13.2. The summed E-state index contributed by atoms with van der Waals surface area (Å²) in [4.78, 5) is 6.33. The minimum atomic E-state index is -3.17. The summed E-state index contributed by atoms with van der Waals surface area (Å²) in [6, 6.07) is 8.49. The van der Waals surface area contributed by atoms with E-state index < -0.39 is 10.0 Å². The van der Waals surface area contributed by atoms with Gasteiger partial charge in [0.15, 0.2) is 0 Å². The van der Waals surface area contributed by atoms with Crippen LogP contribution in [-0.4, -0.2) is 32.2 Å². The Morgan fingerprint density at radius 1 is 1.30 bits per heavy atom. The topological polar surface area (TPSA) is 71.1 Å².